The number of rotatable bonds is 8. The quantitative estimate of drug-likeness (QED) is 0.296. The van der Waals surface area contributed by atoms with Crippen molar-refractivity contribution in [3.63, 3.8) is 0 Å². The first kappa shape index (κ1) is 16.5. The van der Waals surface area contributed by atoms with Crippen molar-refractivity contribution >= 4 is 18.5 Å². The Hall–Kier alpha value is -0.480. The molecule has 0 bridgehead atoms. The second-order valence-electron chi connectivity index (χ2n) is 5.41. The molecular formula is C13H27N2OS+. The summed E-state index contributed by atoms with van der Waals surface area (Å²) in [6.07, 6.45) is 2.11. The van der Waals surface area contributed by atoms with Crippen LogP contribution in [0.25, 0.3) is 0 Å². The third-order valence-corrected chi connectivity index (χ3v) is 3.02. The summed E-state index contributed by atoms with van der Waals surface area (Å²) in [6.45, 7) is 10.4. The standard InChI is InChI=1S/C13H26N2OS/c1-11(2)13(16)14-8-6-9-15(4,5)10-7-12(3)17/h12H,1,6-10H2,2-5H3,(H-,14,16,17)/p+1. The Morgan fingerprint density at radius 3 is 2.47 bits per heavy atom. The van der Waals surface area contributed by atoms with E-state index in [1.165, 1.54) is 0 Å². The van der Waals surface area contributed by atoms with Crippen molar-refractivity contribution in [3.8, 4) is 0 Å². The van der Waals surface area contributed by atoms with Crippen molar-refractivity contribution < 1.29 is 9.28 Å². The van der Waals surface area contributed by atoms with Crippen LogP contribution in [0, 0.1) is 0 Å². The fraction of sp³-hybridized carbons (Fsp3) is 0.769. The van der Waals surface area contributed by atoms with Gasteiger partial charge in [0.05, 0.1) is 27.2 Å². The third kappa shape index (κ3) is 9.24. The molecule has 0 saturated heterocycles. The minimum Gasteiger partial charge on any atom is -0.352 e. The smallest absolute Gasteiger partial charge is 0.246 e. The molecule has 3 nitrogen and oxygen atoms in total. The molecule has 1 atom stereocenters. The maximum absolute atomic E-state index is 11.3. The van der Waals surface area contributed by atoms with Crippen LogP contribution in [0.15, 0.2) is 12.2 Å². The molecule has 0 rings (SSSR count). The molecule has 0 heterocycles. The van der Waals surface area contributed by atoms with Gasteiger partial charge in [0.2, 0.25) is 5.91 Å². The van der Waals surface area contributed by atoms with E-state index in [0.717, 1.165) is 37.0 Å². The van der Waals surface area contributed by atoms with Gasteiger partial charge in [0.25, 0.3) is 0 Å². The van der Waals surface area contributed by atoms with Gasteiger partial charge in [0.15, 0.2) is 0 Å². The zero-order valence-corrected chi connectivity index (χ0v) is 12.5. The van der Waals surface area contributed by atoms with Crippen molar-refractivity contribution in [2.75, 3.05) is 33.7 Å². The number of hydrogen-bond donors (Lipinski definition) is 2. The molecule has 1 amide bonds. The number of nitrogens with one attached hydrogen (secondary N) is 1. The first-order chi connectivity index (χ1) is 7.74. The molecule has 1 unspecified atom stereocenters. The second-order valence-corrected chi connectivity index (χ2v) is 6.29. The minimum atomic E-state index is -0.0423. The molecule has 17 heavy (non-hydrogen) atoms. The summed E-state index contributed by atoms with van der Waals surface area (Å²) in [6, 6.07) is 0. The first-order valence-corrected chi connectivity index (χ1v) is 6.70. The zero-order chi connectivity index (χ0) is 13.5. The van der Waals surface area contributed by atoms with E-state index in [0.29, 0.717) is 10.8 Å². The lowest BCUT2D eigenvalue weighted by molar-refractivity contribution is -0.890. The molecule has 0 aliphatic carbocycles. The molecule has 0 spiro atoms. The number of thiol groups is 1. The highest BCUT2D eigenvalue weighted by molar-refractivity contribution is 7.80. The van der Waals surface area contributed by atoms with Crippen LogP contribution in [0.4, 0.5) is 0 Å². The average Bonchev–Trinajstić information content (AvgIpc) is 2.21. The van der Waals surface area contributed by atoms with Gasteiger partial charge in [-0.15, -0.1) is 0 Å². The number of carbonyl (C=O) groups excluding carboxylic acids is 1. The Balaban J connectivity index is 3.72. The highest BCUT2D eigenvalue weighted by atomic mass is 32.1. The van der Waals surface area contributed by atoms with Gasteiger partial charge >= 0.3 is 0 Å². The van der Waals surface area contributed by atoms with Crippen molar-refractivity contribution in [1.82, 2.24) is 5.32 Å². The first-order valence-electron chi connectivity index (χ1n) is 6.18. The molecule has 0 aromatic heterocycles. The summed E-state index contributed by atoms with van der Waals surface area (Å²) < 4.78 is 0.980. The van der Waals surface area contributed by atoms with E-state index in [-0.39, 0.29) is 5.91 Å². The van der Waals surface area contributed by atoms with Gasteiger partial charge in [-0.3, -0.25) is 4.79 Å². The monoisotopic (exact) mass is 259 g/mol. The van der Waals surface area contributed by atoms with Crippen molar-refractivity contribution in [1.29, 1.82) is 0 Å². The third-order valence-electron chi connectivity index (χ3n) is 2.77. The topological polar surface area (TPSA) is 29.1 Å². The largest absolute Gasteiger partial charge is 0.352 e. The highest BCUT2D eigenvalue weighted by Crippen LogP contribution is 2.06. The lowest BCUT2D eigenvalue weighted by atomic mass is 10.2. The number of carbonyl (C=O) groups is 1. The van der Waals surface area contributed by atoms with Crippen LogP contribution in [-0.4, -0.2) is 49.4 Å². The lowest BCUT2D eigenvalue weighted by Crippen LogP contribution is -2.43. The van der Waals surface area contributed by atoms with Crippen LogP contribution in [-0.2, 0) is 4.79 Å². The summed E-state index contributed by atoms with van der Waals surface area (Å²) in [5, 5.41) is 3.31. The van der Waals surface area contributed by atoms with Gasteiger partial charge in [0, 0.05) is 30.2 Å². The van der Waals surface area contributed by atoms with Crippen LogP contribution in [0.5, 0.6) is 0 Å². The molecule has 0 aliphatic heterocycles. The number of amides is 1. The van der Waals surface area contributed by atoms with E-state index >= 15 is 0 Å². The number of nitrogens with zero attached hydrogens (tertiary/aromatic N) is 1. The maximum atomic E-state index is 11.3. The Labute approximate surface area is 111 Å². The normalized spacial score (nSPS) is 13.2. The van der Waals surface area contributed by atoms with Crippen LogP contribution >= 0.6 is 12.6 Å². The Kier molecular flexibility index (Phi) is 7.55. The molecule has 0 aromatic carbocycles. The maximum Gasteiger partial charge on any atom is 0.246 e. The van der Waals surface area contributed by atoms with Crippen LogP contribution in [0.1, 0.15) is 26.7 Å². The minimum absolute atomic E-state index is 0.0423. The molecule has 0 saturated carbocycles. The Morgan fingerprint density at radius 1 is 1.41 bits per heavy atom. The predicted molar refractivity (Wildman–Crippen MR) is 77.3 cm³/mol. The van der Waals surface area contributed by atoms with E-state index in [2.05, 4.69) is 45.5 Å². The second kappa shape index (κ2) is 7.77. The van der Waals surface area contributed by atoms with E-state index in [1.54, 1.807) is 6.92 Å². The summed E-state index contributed by atoms with van der Waals surface area (Å²) in [5.41, 5.74) is 0.572. The summed E-state index contributed by atoms with van der Waals surface area (Å²) in [7, 11) is 4.44. The lowest BCUT2D eigenvalue weighted by Gasteiger charge is -2.30. The summed E-state index contributed by atoms with van der Waals surface area (Å²) >= 11 is 4.39. The van der Waals surface area contributed by atoms with Gasteiger partial charge in [-0.2, -0.15) is 12.6 Å². The molecule has 0 aliphatic rings. The molecule has 1 N–H and O–H groups in total. The van der Waals surface area contributed by atoms with E-state index < -0.39 is 0 Å². The zero-order valence-electron chi connectivity index (χ0n) is 11.6. The van der Waals surface area contributed by atoms with Gasteiger partial charge in [0.1, 0.15) is 0 Å². The van der Waals surface area contributed by atoms with Crippen LogP contribution < -0.4 is 5.32 Å². The van der Waals surface area contributed by atoms with E-state index in [1.807, 2.05) is 0 Å². The molecule has 0 radical (unpaired) electrons. The van der Waals surface area contributed by atoms with Crippen molar-refractivity contribution in [3.05, 3.63) is 12.2 Å². The van der Waals surface area contributed by atoms with E-state index in [9.17, 15) is 4.79 Å². The van der Waals surface area contributed by atoms with Gasteiger partial charge in [-0.1, -0.05) is 13.5 Å². The Bertz CT molecular complexity index is 262. The number of hydrogen-bond acceptors (Lipinski definition) is 2. The fourth-order valence-corrected chi connectivity index (χ4v) is 1.62. The van der Waals surface area contributed by atoms with Gasteiger partial charge in [-0.05, 0) is 6.92 Å². The fourth-order valence-electron chi connectivity index (χ4n) is 1.51. The summed E-state index contributed by atoms with van der Waals surface area (Å²) in [5.74, 6) is -0.0423. The van der Waals surface area contributed by atoms with Crippen molar-refractivity contribution in [2.45, 2.75) is 31.9 Å². The van der Waals surface area contributed by atoms with Crippen molar-refractivity contribution in [2.24, 2.45) is 0 Å². The molecule has 0 fully saturated rings. The van der Waals surface area contributed by atoms with Gasteiger partial charge < -0.3 is 9.80 Å². The van der Waals surface area contributed by atoms with Crippen LogP contribution in [0.2, 0.25) is 0 Å². The molecular weight excluding hydrogens is 232 g/mol. The molecule has 4 heteroatoms. The van der Waals surface area contributed by atoms with E-state index in [4.69, 9.17) is 0 Å². The average molecular weight is 259 g/mol. The SMILES string of the molecule is C=C(C)C(=O)NCCC[N+](C)(C)CCC(C)S. The highest BCUT2D eigenvalue weighted by Gasteiger charge is 2.15. The van der Waals surface area contributed by atoms with Crippen LogP contribution in [0.3, 0.4) is 0 Å². The predicted octanol–water partition coefficient (Wildman–Crippen LogP) is 1.85. The molecule has 100 valence electrons. The Morgan fingerprint density at radius 2 is 2.00 bits per heavy atom. The van der Waals surface area contributed by atoms with Gasteiger partial charge in [-0.25, -0.2) is 0 Å². The molecule has 0 aromatic rings. The number of quaternary nitrogens is 1. The summed E-state index contributed by atoms with van der Waals surface area (Å²) in [4.78, 5) is 11.3.